The number of hydrogen-bond donors (Lipinski definition) is 0. The van der Waals surface area contributed by atoms with Crippen molar-refractivity contribution in [1.29, 1.82) is 0 Å². The number of amides is 2. The zero-order chi connectivity index (χ0) is 9.71. The maximum Gasteiger partial charge on any atom is 0.320 e. The highest BCUT2D eigenvalue weighted by Gasteiger charge is 2.46. The lowest BCUT2D eigenvalue weighted by Crippen LogP contribution is -2.50. The van der Waals surface area contributed by atoms with Gasteiger partial charge in [-0.05, 0) is 12.3 Å². The van der Waals surface area contributed by atoms with E-state index in [1.54, 1.807) is 0 Å². The molecule has 3 rings (SSSR count). The number of ether oxygens (including phenoxy) is 1. The van der Waals surface area contributed by atoms with Crippen molar-refractivity contribution in [2.75, 3.05) is 26.3 Å². The van der Waals surface area contributed by atoms with Gasteiger partial charge >= 0.3 is 6.03 Å². The first-order chi connectivity index (χ1) is 6.75. The molecule has 0 bridgehead atoms. The number of hydrogen-bond acceptors (Lipinski definition) is 2. The van der Waals surface area contributed by atoms with Crippen LogP contribution in [0.15, 0.2) is 0 Å². The van der Waals surface area contributed by atoms with Crippen LogP contribution < -0.4 is 0 Å². The van der Waals surface area contributed by atoms with Gasteiger partial charge in [-0.15, -0.1) is 0 Å². The lowest BCUT2D eigenvalue weighted by atomic mass is 10.1. The third-order valence-corrected chi connectivity index (χ3v) is 3.58. The highest BCUT2D eigenvalue weighted by molar-refractivity contribution is 5.78. The number of carbonyl (C=O) groups is 1. The number of rotatable bonds is 1. The van der Waals surface area contributed by atoms with E-state index in [4.69, 9.17) is 4.74 Å². The smallest absolute Gasteiger partial charge is 0.320 e. The largest absolute Gasteiger partial charge is 0.377 e. The van der Waals surface area contributed by atoms with Crippen LogP contribution in [0.4, 0.5) is 4.79 Å². The van der Waals surface area contributed by atoms with Gasteiger partial charge < -0.3 is 14.5 Å². The Kier molecular flexibility index (Phi) is 1.74. The van der Waals surface area contributed by atoms with Crippen LogP contribution in [-0.2, 0) is 4.74 Å². The van der Waals surface area contributed by atoms with Crippen molar-refractivity contribution in [3.05, 3.63) is 0 Å². The molecule has 3 heterocycles. The van der Waals surface area contributed by atoms with Crippen molar-refractivity contribution >= 4 is 6.03 Å². The molecular formula is C10H16N2O2. The van der Waals surface area contributed by atoms with Crippen molar-refractivity contribution < 1.29 is 9.53 Å². The van der Waals surface area contributed by atoms with Gasteiger partial charge in [0.2, 0.25) is 0 Å². The predicted molar refractivity (Wildman–Crippen MR) is 51.0 cm³/mol. The van der Waals surface area contributed by atoms with Crippen molar-refractivity contribution in [3.8, 4) is 0 Å². The van der Waals surface area contributed by atoms with E-state index >= 15 is 0 Å². The average Bonchev–Trinajstić information content (AvgIpc) is 2.51. The van der Waals surface area contributed by atoms with Gasteiger partial charge in [-0.25, -0.2) is 4.79 Å². The Hall–Kier alpha value is -0.770. The van der Waals surface area contributed by atoms with E-state index in [0.29, 0.717) is 18.0 Å². The highest BCUT2D eigenvalue weighted by atomic mass is 16.5. The summed E-state index contributed by atoms with van der Waals surface area (Å²) in [4.78, 5) is 16.0. The first kappa shape index (κ1) is 8.53. The maximum atomic E-state index is 12.0. The third-order valence-electron chi connectivity index (χ3n) is 3.58. The lowest BCUT2D eigenvalue weighted by Gasteiger charge is -2.34. The summed E-state index contributed by atoms with van der Waals surface area (Å²) < 4.78 is 5.13. The topological polar surface area (TPSA) is 32.8 Å². The summed E-state index contributed by atoms with van der Waals surface area (Å²) >= 11 is 0. The second kappa shape index (κ2) is 2.86. The van der Waals surface area contributed by atoms with E-state index in [2.05, 4.69) is 6.92 Å². The second-order valence-corrected chi connectivity index (χ2v) is 4.77. The minimum Gasteiger partial charge on any atom is -0.377 e. The molecule has 0 aromatic heterocycles. The third kappa shape index (κ3) is 1.06. The molecule has 0 aliphatic carbocycles. The standard InChI is InChI=1S/C10H16N2O2/c1-7-2-8-4-12(9-5-14-6-9)10(13)11(8)3-7/h7-9H,2-6H2,1H3. The molecule has 0 radical (unpaired) electrons. The van der Waals surface area contributed by atoms with Gasteiger partial charge in [0.1, 0.15) is 0 Å². The fraction of sp³-hybridized carbons (Fsp3) is 0.900. The Morgan fingerprint density at radius 2 is 1.93 bits per heavy atom. The van der Waals surface area contributed by atoms with E-state index in [1.807, 2.05) is 9.80 Å². The summed E-state index contributed by atoms with van der Waals surface area (Å²) in [6.45, 7) is 5.58. The fourth-order valence-corrected chi connectivity index (χ4v) is 2.74. The highest BCUT2D eigenvalue weighted by Crippen LogP contribution is 2.31. The molecule has 2 amide bonds. The Morgan fingerprint density at radius 3 is 2.50 bits per heavy atom. The summed E-state index contributed by atoms with van der Waals surface area (Å²) in [6.07, 6.45) is 1.18. The molecule has 4 heteroatoms. The van der Waals surface area contributed by atoms with Crippen LogP contribution >= 0.6 is 0 Å². The van der Waals surface area contributed by atoms with Crippen LogP contribution in [0.3, 0.4) is 0 Å². The molecule has 0 N–H and O–H groups in total. The van der Waals surface area contributed by atoms with Crippen LogP contribution in [0, 0.1) is 5.92 Å². The van der Waals surface area contributed by atoms with Gasteiger partial charge in [0.15, 0.2) is 0 Å². The SMILES string of the molecule is CC1CC2CN(C3COC3)C(=O)N2C1. The van der Waals surface area contributed by atoms with Crippen molar-refractivity contribution in [2.45, 2.75) is 25.4 Å². The van der Waals surface area contributed by atoms with Crippen molar-refractivity contribution in [2.24, 2.45) is 5.92 Å². The summed E-state index contributed by atoms with van der Waals surface area (Å²) in [5.41, 5.74) is 0. The van der Waals surface area contributed by atoms with Gasteiger partial charge in [-0.1, -0.05) is 6.92 Å². The number of fused-ring (bicyclic) bond motifs is 1. The Bertz CT molecular complexity index is 265. The van der Waals surface area contributed by atoms with Gasteiger partial charge in [0.25, 0.3) is 0 Å². The Balaban J connectivity index is 1.72. The number of carbonyl (C=O) groups excluding carboxylic acids is 1. The Labute approximate surface area is 83.8 Å². The molecule has 0 aromatic carbocycles. The zero-order valence-corrected chi connectivity index (χ0v) is 8.48. The van der Waals surface area contributed by atoms with E-state index in [9.17, 15) is 4.79 Å². The first-order valence-corrected chi connectivity index (χ1v) is 5.40. The molecule has 0 spiro atoms. The molecule has 3 aliphatic heterocycles. The molecule has 2 atom stereocenters. The molecule has 2 unspecified atom stereocenters. The van der Waals surface area contributed by atoms with Gasteiger partial charge in [-0.2, -0.15) is 0 Å². The van der Waals surface area contributed by atoms with E-state index in [-0.39, 0.29) is 6.03 Å². The molecule has 3 saturated heterocycles. The molecule has 78 valence electrons. The van der Waals surface area contributed by atoms with E-state index < -0.39 is 0 Å². The number of nitrogens with zero attached hydrogens (tertiary/aromatic N) is 2. The molecule has 3 fully saturated rings. The van der Waals surface area contributed by atoms with E-state index in [1.165, 1.54) is 6.42 Å². The minimum atomic E-state index is 0.243. The molecule has 3 aliphatic rings. The summed E-state index contributed by atoms with van der Waals surface area (Å²) in [7, 11) is 0. The molecule has 0 aromatic rings. The van der Waals surface area contributed by atoms with Gasteiger partial charge in [0.05, 0.1) is 25.3 Å². The lowest BCUT2D eigenvalue weighted by molar-refractivity contribution is -0.0452. The van der Waals surface area contributed by atoms with Crippen molar-refractivity contribution in [3.63, 3.8) is 0 Å². The van der Waals surface area contributed by atoms with Crippen LogP contribution in [0.25, 0.3) is 0 Å². The molecule has 0 saturated carbocycles. The van der Waals surface area contributed by atoms with Crippen LogP contribution in [-0.4, -0.2) is 54.2 Å². The molecule has 14 heavy (non-hydrogen) atoms. The van der Waals surface area contributed by atoms with Gasteiger partial charge in [0, 0.05) is 13.1 Å². The maximum absolute atomic E-state index is 12.0. The van der Waals surface area contributed by atoms with E-state index in [0.717, 1.165) is 26.3 Å². The van der Waals surface area contributed by atoms with Crippen molar-refractivity contribution in [1.82, 2.24) is 9.80 Å². The first-order valence-electron chi connectivity index (χ1n) is 5.40. The summed E-state index contributed by atoms with van der Waals surface area (Å²) in [5, 5.41) is 0. The van der Waals surface area contributed by atoms with Gasteiger partial charge in [-0.3, -0.25) is 0 Å². The quantitative estimate of drug-likeness (QED) is 0.613. The monoisotopic (exact) mass is 196 g/mol. The van der Waals surface area contributed by atoms with Crippen LogP contribution in [0.2, 0.25) is 0 Å². The molecular weight excluding hydrogens is 180 g/mol. The predicted octanol–water partition coefficient (Wildman–Crippen LogP) is 0.531. The average molecular weight is 196 g/mol. The number of urea groups is 1. The normalized spacial score (nSPS) is 37.6. The minimum absolute atomic E-state index is 0.243. The van der Waals surface area contributed by atoms with Crippen LogP contribution in [0.5, 0.6) is 0 Å². The zero-order valence-electron chi connectivity index (χ0n) is 8.48. The summed E-state index contributed by atoms with van der Waals surface area (Å²) in [6, 6.07) is 1.09. The summed E-state index contributed by atoms with van der Waals surface area (Å²) in [5.74, 6) is 0.684. The van der Waals surface area contributed by atoms with Crippen LogP contribution in [0.1, 0.15) is 13.3 Å². The fourth-order valence-electron chi connectivity index (χ4n) is 2.74. The second-order valence-electron chi connectivity index (χ2n) is 4.77. The molecule has 4 nitrogen and oxygen atoms in total. The Morgan fingerprint density at radius 1 is 1.21 bits per heavy atom.